The molecule has 0 aromatic heterocycles. The molecule has 1 heterocycles. The molecule has 6 heteroatoms. The number of piperidine rings is 1. The Morgan fingerprint density at radius 2 is 2.10 bits per heavy atom. The van der Waals surface area contributed by atoms with Crippen molar-refractivity contribution in [2.45, 2.75) is 25.9 Å². The smallest absolute Gasteiger partial charge is 0.340 e. The maximum absolute atomic E-state index is 14.1. The van der Waals surface area contributed by atoms with Crippen molar-refractivity contribution >= 4 is 17.3 Å². The number of anilines is 2. The number of hydrogen-bond acceptors (Lipinski definition) is 5. The zero-order chi connectivity index (χ0) is 15.6. The van der Waals surface area contributed by atoms with Crippen LogP contribution in [0, 0.1) is 11.7 Å². The van der Waals surface area contributed by atoms with Crippen molar-refractivity contribution in [2.24, 2.45) is 5.92 Å². The molecule has 5 nitrogen and oxygen atoms in total. The minimum absolute atomic E-state index is 0.0713. The predicted octanol–water partition coefficient (Wildman–Crippen LogP) is 1.79. The van der Waals surface area contributed by atoms with Crippen molar-refractivity contribution in [2.75, 3.05) is 30.8 Å². The Labute approximate surface area is 123 Å². The van der Waals surface area contributed by atoms with Crippen molar-refractivity contribution in [3.63, 3.8) is 0 Å². The van der Waals surface area contributed by atoms with Crippen LogP contribution in [0.1, 0.15) is 30.1 Å². The number of aliphatic hydroxyl groups is 1. The standard InChI is InChI=1S/C15H21FN2O3/c1-9(19)10-3-5-18(6-4-10)14-7-11(15(20)21-2)13(17)8-12(14)16/h7-10,19H,3-6,17H2,1-2H3. The molecular formula is C15H21FN2O3. The summed E-state index contributed by atoms with van der Waals surface area (Å²) in [4.78, 5) is 13.5. The highest BCUT2D eigenvalue weighted by Gasteiger charge is 2.25. The number of carbonyl (C=O) groups is 1. The Hall–Kier alpha value is -1.82. The molecule has 0 radical (unpaired) electrons. The van der Waals surface area contributed by atoms with Gasteiger partial charge in [0.05, 0.1) is 24.5 Å². The number of carbonyl (C=O) groups excluding carboxylic acids is 1. The molecule has 0 spiro atoms. The molecule has 1 aromatic rings. The van der Waals surface area contributed by atoms with E-state index >= 15 is 0 Å². The third kappa shape index (κ3) is 3.26. The van der Waals surface area contributed by atoms with Crippen LogP contribution in [0.15, 0.2) is 12.1 Å². The summed E-state index contributed by atoms with van der Waals surface area (Å²) in [5.74, 6) is -0.790. The van der Waals surface area contributed by atoms with Gasteiger partial charge in [-0.1, -0.05) is 0 Å². The Morgan fingerprint density at radius 3 is 2.62 bits per heavy atom. The molecule has 1 aromatic carbocycles. The number of methoxy groups -OCH3 is 1. The lowest BCUT2D eigenvalue weighted by atomic mass is 9.92. The lowest BCUT2D eigenvalue weighted by molar-refractivity contribution is 0.0602. The van der Waals surface area contributed by atoms with Crippen molar-refractivity contribution in [3.05, 3.63) is 23.5 Å². The van der Waals surface area contributed by atoms with Gasteiger partial charge in [0.1, 0.15) is 5.82 Å². The van der Waals surface area contributed by atoms with Crippen LogP contribution >= 0.6 is 0 Å². The van der Waals surface area contributed by atoms with Gasteiger partial charge in [-0.3, -0.25) is 0 Å². The van der Waals surface area contributed by atoms with Crippen LogP contribution in [0.4, 0.5) is 15.8 Å². The molecule has 1 aliphatic rings. The second kappa shape index (κ2) is 6.30. The van der Waals surface area contributed by atoms with Crippen LogP contribution in [0.3, 0.4) is 0 Å². The molecule has 0 saturated carbocycles. The minimum atomic E-state index is -0.576. The Kier molecular flexibility index (Phi) is 4.67. The van der Waals surface area contributed by atoms with Gasteiger partial charge in [-0.05, 0) is 37.8 Å². The summed E-state index contributed by atoms with van der Waals surface area (Å²) >= 11 is 0. The first-order valence-electron chi connectivity index (χ1n) is 7.04. The molecule has 1 saturated heterocycles. The minimum Gasteiger partial charge on any atom is -0.465 e. The maximum atomic E-state index is 14.1. The topological polar surface area (TPSA) is 75.8 Å². The van der Waals surface area contributed by atoms with E-state index in [1.165, 1.54) is 13.2 Å². The van der Waals surface area contributed by atoms with E-state index in [1.54, 1.807) is 6.92 Å². The van der Waals surface area contributed by atoms with Crippen LogP contribution in [-0.2, 0) is 4.74 Å². The molecule has 0 aliphatic carbocycles. The number of ether oxygens (including phenoxy) is 1. The molecule has 3 N–H and O–H groups in total. The molecule has 1 atom stereocenters. The molecule has 1 fully saturated rings. The van der Waals surface area contributed by atoms with Crippen LogP contribution in [0.2, 0.25) is 0 Å². The van der Waals surface area contributed by atoms with Gasteiger partial charge in [0, 0.05) is 18.8 Å². The summed E-state index contributed by atoms with van der Waals surface area (Å²) in [5, 5.41) is 9.60. The number of nitrogens with zero attached hydrogens (tertiary/aromatic N) is 1. The maximum Gasteiger partial charge on any atom is 0.340 e. The average Bonchev–Trinajstić information content (AvgIpc) is 2.47. The van der Waals surface area contributed by atoms with Crippen LogP contribution in [0.5, 0.6) is 0 Å². The number of hydrogen-bond donors (Lipinski definition) is 2. The van der Waals surface area contributed by atoms with Gasteiger partial charge in [-0.15, -0.1) is 0 Å². The Bertz CT molecular complexity index is 526. The number of nitrogen functional groups attached to an aromatic ring is 1. The van der Waals surface area contributed by atoms with E-state index in [0.29, 0.717) is 18.8 Å². The van der Waals surface area contributed by atoms with Gasteiger partial charge >= 0.3 is 5.97 Å². The molecule has 1 aliphatic heterocycles. The molecule has 0 bridgehead atoms. The monoisotopic (exact) mass is 296 g/mol. The van der Waals surface area contributed by atoms with Crippen LogP contribution < -0.4 is 10.6 Å². The molecule has 116 valence electrons. The van der Waals surface area contributed by atoms with Gasteiger partial charge in [0.15, 0.2) is 0 Å². The lowest BCUT2D eigenvalue weighted by Gasteiger charge is -2.35. The highest BCUT2D eigenvalue weighted by atomic mass is 19.1. The number of rotatable bonds is 3. The highest BCUT2D eigenvalue weighted by Crippen LogP contribution is 2.30. The first kappa shape index (κ1) is 15.6. The number of benzene rings is 1. The first-order valence-corrected chi connectivity index (χ1v) is 7.04. The van der Waals surface area contributed by atoms with Gasteiger partial charge in [-0.25, -0.2) is 9.18 Å². The summed E-state index contributed by atoms with van der Waals surface area (Å²) in [5.41, 5.74) is 6.26. The fourth-order valence-electron chi connectivity index (χ4n) is 2.73. The SMILES string of the molecule is COC(=O)c1cc(N2CCC(C(C)O)CC2)c(F)cc1N. The first-order chi connectivity index (χ1) is 9.93. The number of aliphatic hydroxyl groups excluding tert-OH is 1. The van der Waals surface area contributed by atoms with Crippen molar-refractivity contribution in [3.8, 4) is 0 Å². The second-order valence-electron chi connectivity index (χ2n) is 5.45. The van der Waals surface area contributed by atoms with Gasteiger partial charge in [0.25, 0.3) is 0 Å². The normalized spacial score (nSPS) is 17.6. The molecule has 0 amide bonds. The van der Waals surface area contributed by atoms with Gasteiger partial charge in [-0.2, -0.15) is 0 Å². The summed E-state index contributed by atoms with van der Waals surface area (Å²) in [6, 6.07) is 2.60. The fourth-order valence-corrected chi connectivity index (χ4v) is 2.73. The third-order valence-corrected chi connectivity index (χ3v) is 4.09. The van der Waals surface area contributed by atoms with E-state index < -0.39 is 11.8 Å². The Balaban J connectivity index is 2.22. The molecular weight excluding hydrogens is 275 g/mol. The van der Waals surface area contributed by atoms with Gasteiger partial charge in [0.2, 0.25) is 0 Å². The zero-order valence-corrected chi connectivity index (χ0v) is 12.3. The predicted molar refractivity (Wildman–Crippen MR) is 78.8 cm³/mol. The van der Waals surface area contributed by atoms with E-state index in [-0.39, 0.29) is 23.3 Å². The van der Waals surface area contributed by atoms with Crippen molar-refractivity contribution in [1.82, 2.24) is 0 Å². The zero-order valence-electron chi connectivity index (χ0n) is 12.3. The number of halogens is 1. The van der Waals surface area contributed by atoms with E-state index in [4.69, 9.17) is 5.73 Å². The van der Waals surface area contributed by atoms with Gasteiger partial charge < -0.3 is 20.5 Å². The summed E-state index contributed by atoms with van der Waals surface area (Å²) in [6.07, 6.45) is 1.22. The summed E-state index contributed by atoms with van der Waals surface area (Å²) in [6.45, 7) is 3.05. The highest BCUT2D eigenvalue weighted by molar-refractivity contribution is 5.96. The van der Waals surface area contributed by atoms with Crippen molar-refractivity contribution in [1.29, 1.82) is 0 Å². The van der Waals surface area contributed by atoms with Crippen LogP contribution in [-0.4, -0.2) is 37.4 Å². The van der Waals surface area contributed by atoms with E-state index in [1.807, 2.05) is 4.90 Å². The largest absolute Gasteiger partial charge is 0.465 e. The summed E-state index contributed by atoms with van der Waals surface area (Å²) < 4.78 is 18.8. The second-order valence-corrected chi connectivity index (χ2v) is 5.45. The molecule has 1 unspecified atom stereocenters. The average molecular weight is 296 g/mol. The Morgan fingerprint density at radius 1 is 1.48 bits per heavy atom. The lowest BCUT2D eigenvalue weighted by Crippen LogP contribution is -2.37. The summed E-state index contributed by atoms with van der Waals surface area (Å²) in [7, 11) is 1.26. The molecule has 2 rings (SSSR count). The van der Waals surface area contributed by atoms with E-state index in [9.17, 15) is 14.3 Å². The number of nitrogens with two attached hydrogens (primary N) is 1. The van der Waals surface area contributed by atoms with Crippen LogP contribution in [0.25, 0.3) is 0 Å². The van der Waals surface area contributed by atoms with E-state index in [2.05, 4.69) is 4.74 Å². The van der Waals surface area contributed by atoms with E-state index in [0.717, 1.165) is 18.9 Å². The fraction of sp³-hybridized carbons (Fsp3) is 0.533. The quantitative estimate of drug-likeness (QED) is 0.657. The number of esters is 1. The van der Waals surface area contributed by atoms with Crippen molar-refractivity contribution < 1.29 is 19.0 Å². The third-order valence-electron chi connectivity index (χ3n) is 4.09. The molecule has 21 heavy (non-hydrogen) atoms.